The van der Waals surface area contributed by atoms with Crippen LogP contribution in [0.4, 0.5) is 0 Å². The summed E-state index contributed by atoms with van der Waals surface area (Å²) in [5, 5.41) is 1.25. The number of hydrazine groups is 1. The zero-order valence-electron chi connectivity index (χ0n) is 12.0. The van der Waals surface area contributed by atoms with Crippen molar-refractivity contribution >= 4 is 23.2 Å². The van der Waals surface area contributed by atoms with Crippen molar-refractivity contribution in [1.82, 2.24) is 5.43 Å². The van der Waals surface area contributed by atoms with Crippen LogP contribution < -0.4 is 16.0 Å². The maximum Gasteiger partial charge on any atom is 0.123 e. The van der Waals surface area contributed by atoms with E-state index in [0.717, 1.165) is 22.4 Å². The van der Waals surface area contributed by atoms with Gasteiger partial charge in [0, 0.05) is 15.6 Å². The summed E-state index contributed by atoms with van der Waals surface area (Å²) in [7, 11) is 1.65. The number of nitrogens with one attached hydrogen (secondary N) is 1. The smallest absolute Gasteiger partial charge is 0.123 e. The highest BCUT2D eigenvalue weighted by Gasteiger charge is 2.17. The van der Waals surface area contributed by atoms with Crippen molar-refractivity contribution in [3.63, 3.8) is 0 Å². The van der Waals surface area contributed by atoms with Gasteiger partial charge in [0.05, 0.1) is 13.2 Å². The minimum absolute atomic E-state index is 0.0979. The Morgan fingerprint density at radius 2 is 1.95 bits per heavy atom. The fourth-order valence-electron chi connectivity index (χ4n) is 2.27. The largest absolute Gasteiger partial charge is 0.496 e. The second-order valence-electron chi connectivity index (χ2n) is 4.90. The van der Waals surface area contributed by atoms with Gasteiger partial charge >= 0.3 is 0 Å². The van der Waals surface area contributed by atoms with Gasteiger partial charge in [0.15, 0.2) is 0 Å². The molecule has 2 rings (SSSR count). The number of hydrogen-bond donors (Lipinski definition) is 2. The monoisotopic (exact) mass is 324 g/mol. The Balaban J connectivity index is 2.32. The van der Waals surface area contributed by atoms with Crippen LogP contribution >= 0.6 is 23.2 Å². The molecule has 0 saturated heterocycles. The van der Waals surface area contributed by atoms with Crippen molar-refractivity contribution < 1.29 is 4.74 Å². The number of hydrogen-bond acceptors (Lipinski definition) is 3. The van der Waals surface area contributed by atoms with Crippen LogP contribution in [0.25, 0.3) is 0 Å². The third-order valence-corrected chi connectivity index (χ3v) is 3.99. The van der Waals surface area contributed by atoms with E-state index in [1.165, 1.54) is 0 Å². The van der Waals surface area contributed by atoms with Crippen molar-refractivity contribution in [2.45, 2.75) is 19.4 Å². The SMILES string of the molecule is COc1cc(C)ccc1C(Cc1ccc(Cl)cc1Cl)NN. The number of nitrogens with two attached hydrogens (primary N) is 1. The molecular formula is C16H18Cl2N2O. The van der Waals surface area contributed by atoms with E-state index in [1.807, 2.05) is 37.3 Å². The fraction of sp³-hybridized carbons (Fsp3) is 0.250. The van der Waals surface area contributed by atoms with Crippen LogP contribution in [0.15, 0.2) is 36.4 Å². The van der Waals surface area contributed by atoms with Gasteiger partial charge in [-0.05, 0) is 42.7 Å². The van der Waals surface area contributed by atoms with E-state index >= 15 is 0 Å². The van der Waals surface area contributed by atoms with Crippen LogP contribution in [-0.4, -0.2) is 7.11 Å². The normalized spacial score (nSPS) is 12.2. The van der Waals surface area contributed by atoms with Gasteiger partial charge in [-0.3, -0.25) is 11.3 Å². The lowest BCUT2D eigenvalue weighted by atomic mass is 9.97. The Hall–Kier alpha value is -1.26. The molecule has 5 heteroatoms. The lowest BCUT2D eigenvalue weighted by molar-refractivity contribution is 0.398. The Labute approximate surface area is 135 Å². The summed E-state index contributed by atoms with van der Waals surface area (Å²) < 4.78 is 5.45. The Morgan fingerprint density at radius 3 is 2.57 bits per heavy atom. The van der Waals surface area contributed by atoms with Gasteiger partial charge in [-0.2, -0.15) is 0 Å². The first-order valence-electron chi connectivity index (χ1n) is 6.59. The van der Waals surface area contributed by atoms with E-state index in [1.54, 1.807) is 13.2 Å². The molecule has 0 aliphatic carbocycles. The lowest BCUT2D eigenvalue weighted by Crippen LogP contribution is -2.30. The minimum atomic E-state index is -0.0979. The van der Waals surface area contributed by atoms with Crippen molar-refractivity contribution in [3.05, 3.63) is 63.1 Å². The third kappa shape index (κ3) is 3.89. The molecule has 0 aliphatic heterocycles. The summed E-state index contributed by atoms with van der Waals surface area (Å²) in [4.78, 5) is 0. The number of rotatable bonds is 5. The van der Waals surface area contributed by atoms with E-state index in [9.17, 15) is 0 Å². The molecular weight excluding hydrogens is 307 g/mol. The number of benzene rings is 2. The summed E-state index contributed by atoms with van der Waals surface area (Å²) >= 11 is 12.2. The predicted octanol–water partition coefficient (Wildman–Crippen LogP) is 4.06. The molecule has 0 bridgehead atoms. The van der Waals surface area contributed by atoms with E-state index in [-0.39, 0.29) is 6.04 Å². The van der Waals surface area contributed by atoms with Crippen molar-refractivity contribution in [2.24, 2.45) is 5.84 Å². The second-order valence-corrected chi connectivity index (χ2v) is 5.75. The molecule has 21 heavy (non-hydrogen) atoms. The van der Waals surface area contributed by atoms with E-state index < -0.39 is 0 Å². The summed E-state index contributed by atoms with van der Waals surface area (Å²) in [6.45, 7) is 2.02. The highest BCUT2D eigenvalue weighted by atomic mass is 35.5. The van der Waals surface area contributed by atoms with E-state index in [4.69, 9.17) is 33.8 Å². The quantitative estimate of drug-likeness (QED) is 0.644. The van der Waals surface area contributed by atoms with Gasteiger partial charge < -0.3 is 4.74 Å². The molecule has 0 radical (unpaired) electrons. The van der Waals surface area contributed by atoms with Crippen LogP contribution in [0.5, 0.6) is 5.75 Å². The predicted molar refractivity (Wildman–Crippen MR) is 88.0 cm³/mol. The Morgan fingerprint density at radius 1 is 1.19 bits per heavy atom. The van der Waals surface area contributed by atoms with E-state index in [2.05, 4.69) is 5.43 Å². The van der Waals surface area contributed by atoms with Crippen LogP contribution in [0, 0.1) is 6.92 Å². The topological polar surface area (TPSA) is 47.3 Å². The first-order chi connectivity index (χ1) is 10.0. The lowest BCUT2D eigenvalue weighted by Gasteiger charge is -2.20. The molecule has 0 heterocycles. The minimum Gasteiger partial charge on any atom is -0.496 e. The average molecular weight is 325 g/mol. The fourth-order valence-corrected chi connectivity index (χ4v) is 2.76. The molecule has 0 spiro atoms. The first-order valence-corrected chi connectivity index (χ1v) is 7.35. The van der Waals surface area contributed by atoms with Gasteiger partial charge in [0.1, 0.15) is 5.75 Å². The van der Waals surface area contributed by atoms with Crippen LogP contribution in [0.3, 0.4) is 0 Å². The maximum atomic E-state index is 6.23. The molecule has 1 atom stereocenters. The molecule has 2 aromatic rings. The van der Waals surface area contributed by atoms with Gasteiger partial charge in [-0.15, -0.1) is 0 Å². The molecule has 3 nitrogen and oxygen atoms in total. The van der Waals surface area contributed by atoms with E-state index in [0.29, 0.717) is 16.5 Å². The third-order valence-electron chi connectivity index (χ3n) is 3.40. The molecule has 0 saturated carbocycles. The van der Waals surface area contributed by atoms with Crippen molar-refractivity contribution in [1.29, 1.82) is 0 Å². The Bertz CT molecular complexity index is 632. The number of methoxy groups -OCH3 is 1. The van der Waals surface area contributed by atoms with Crippen LogP contribution in [0.2, 0.25) is 10.0 Å². The van der Waals surface area contributed by atoms with Crippen LogP contribution in [-0.2, 0) is 6.42 Å². The Kier molecular flexibility index (Phi) is 5.48. The second kappa shape index (κ2) is 7.14. The highest BCUT2D eigenvalue weighted by Crippen LogP contribution is 2.30. The highest BCUT2D eigenvalue weighted by molar-refractivity contribution is 6.35. The number of halogens is 2. The van der Waals surface area contributed by atoms with Crippen molar-refractivity contribution in [2.75, 3.05) is 7.11 Å². The average Bonchev–Trinajstić information content (AvgIpc) is 2.47. The van der Waals surface area contributed by atoms with Gasteiger partial charge in [-0.25, -0.2) is 0 Å². The summed E-state index contributed by atoms with van der Waals surface area (Å²) in [6.07, 6.45) is 0.645. The molecule has 0 amide bonds. The molecule has 0 fully saturated rings. The molecule has 1 unspecified atom stereocenters. The standard InChI is InChI=1S/C16H18Cl2N2O/c1-10-3-6-13(16(7-10)21-2)15(20-19)8-11-4-5-12(17)9-14(11)18/h3-7,9,15,20H,8,19H2,1-2H3. The first kappa shape index (κ1) is 16.1. The summed E-state index contributed by atoms with van der Waals surface area (Å²) in [6, 6.07) is 11.4. The molecule has 0 aromatic heterocycles. The zero-order valence-corrected chi connectivity index (χ0v) is 13.5. The summed E-state index contributed by atoms with van der Waals surface area (Å²) in [5.74, 6) is 6.53. The van der Waals surface area contributed by atoms with Crippen LogP contribution in [0.1, 0.15) is 22.7 Å². The zero-order chi connectivity index (χ0) is 15.4. The van der Waals surface area contributed by atoms with Crippen molar-refractivity contribution in [3.8, 4) is 5.75 Å². The van der Waals surface area contributed by atoms with Gasteiger partial charge in [-0.1, -0.05) is 41.4 Å². The van der Waals surface area contributed by atoms with Gasteiger partial charge in [0.25, 0.3) is 0 Å². The molecule has 2 aromatic carbocycles. The number of aryl methyl sites for hydroxylation is 1. The molecule has 0 aliphatic rings. The molecule has 3 N–H and O–H groups in total. The molecule has 112 valence electrons. The van der Waals surface area contributed by atoms with Gasteiger partial charge in [0.2, 0.25) is 0 Å². The number of ether oxygens (including phenoxy) is 1. The summed E-state index contributed by atoms with van der Waals surface area (Å²) in [5.41, 5.74) is 5.94. The maximum absolute atomic E-state index is 6.23.